The van der Waals surface area contributed by atoms with Crippen LogP contribution in [0, 0.1) is 0 Å². The fourth-order valence-electron chi connectivity index (χ4n) is 2.56. The number of hydrogen-bond donors (Lipinski definition) is 3. The summed E-state index contributed by atoms with van der Waals surface area (Å²) in [7, 11) is -3.89. The van der Waals surface area contributed by atoms with Gasteiger partial charge in [-0.25, -0.2) is 13.2 Å². The molecule has 0 bridgehead atoms. The van der Waals surface area contributed by atoms with Gasteiger partial charge in [0.1, 0.15) is 0 Å². The van der Waals surface area contributed by atoms with Gasteiger partial charge in [0.25, 0.3) is 10.0 Å². The zero-order valence-electron chi connectivity index (χ0n) is 12.9. The molecule has 0 aliphatic rings. The maximum Gasteiger partial charge on any atom is 0.335 e. The summed E-state index contributed by atoms with van der Waals surface area (Å²) >= 11 is 0. The monoisotopic (exact) mass is 344 g/mol. The number of carboxylic acid groups (broad SMARTS) is 1. The van der Waals surface area contributed by atoms with Crippen LogP contribution in [0.15, 0.2) is 53.6 Å². The molecular formula is C17H16N2O4S. The fraction of sp³-hybridized carbons (Fsp3) is 0.118. The van der Waals surface area contributed by atoms with E-state index in [-0.39, 0.29) is 10.5 Å². The van der Waals surface area contributed by atoms with Crippen LogP contribution in [0.25, 0.3) is 10.9 Å². The van der Waals surface area contributed by atoms with Gasteiger partial charge in [-0.15, -0.1) is 0 Å². The van der Waals surface area contributed by atoms with Crippen molar-refractivity contribution < 1.29 is 18.3 Å². The van der Waals surface area contributed by atoms with Crippen LogP contribution in [0.4, 0.5) is 5.69 Å². The molecule has 0 amide bonds. The molecule has 0 atom stereocenters. The summed E-state index contributed by atoms with van der Waals surface area (Å²) in [6, 6.07) is 11.1. The van der Waals surface area contributed by atoms with E-state index in [1.807, 2.05) is 13.0 Å². The van der Waals surface area contributed by atoms with Crippen molar-refractivity contribution in [2.45, 2.75) is 18.2 Å². The van der Waals surface area contributed by atoms with Crippen LogP contribution in [-0.2, 0) is 16.4 Å². The van der Waals surface area contributed by atoms with Crippen molar-refractivity contribution >= 4 is 32.6 Å². The van der Waals surface area contributed by atoms with Gasteiger partial charge in [-0.1, -0.05) is 13.0 Å². The first-order chi connectivity index (χ1) is 11.4. The summed E-state index contributed by atoms with van der Waals surface area (Å²) in [5, 5.41) is 9.98. The molecule has 6 nitrogen and oxygen atoms in total. The molecule has 0 saturated heterocycles. The van der Waals surface area contributed by atoms with Crippen LogP contribution in [0.3, 0.4) is 0 Å². The molecule has 0 aliphatic heterocycles. The number of H-pyrrole nitrogens is 1. The van der Waals surface area contributed by atoms with Crippen LogP contribution in [0.1, 0.15) is 22.8 Å². The maximum absolute atomic E-state index is 12.7. The Morgan fingerprint density at radius 2 is 1.96 bits per heavy atom. The molecule has 0 fully saturated rings. The standard InChI is InChI=1S/C17H16N2O4S/c1-2-11-3-4-13(17(20)21)10-16(11)24(22,23)19-14-5-6-15-12(9-14)7-8-18-15/h3-10,18-19H,2H2,1H3,(H,20,21). The first-order valence-corrected chi connectivity index (χ1v) is 8.85. The van der Waals surface area contributed by atoms with Crippen LogP contribution >= 0.6 is 0 Å². The van der Waals surface area contributed by atoms with Crippen molar-refractivity contribution in [3.8, 4) is 0 Å². The highest BCUT2D eigenvalue weighted by Gasteiger charge is 2.20. The molecule has 3 N–H and O–H groups in total. The van der Waals surface area contributed by atoms with Crippen LogP contribution in [0.2, 0.25) is 0 Å². The number of hydrogen-bond acceptors (Lipinski definition) is 3. The van der Waals surface area contributed by atoms with Crippen molar-refractivity contribution in [3.63, 3.8) is 0 Å². The van der Waals surface area contributed by atoms with Crippen molar-refractivity contribution in [2.75, 3.05) is 4.72 Å². The fourth-order valence-corrected chi connectivity index (χ4v) is 3.94. The summed E-state index contributed by atoms with van der Waals surface area (Å²) in [6.07, 6.45) is 2.25. The molecular weight excluding hydrogens is 328 g/mol. The van der Waals surface area contributed by atoms with Gasteiger partial charge in [-0.2, -0.15) is 0 Å². The van der Waals surface area contributed by atoms with Gasteiger partial charge in [0.05, 0.1) is 10.5 Å². The predicted octanol–water partition coefficient (Wildman–Crippen LogP) is 3.23. The van der Waals surface area contributed by atoms with Crippen LogP contribution in [0.5, 0.6) is 0 Å². The summed E-state index contributed by atoms with van der Waals surface area (Å²) in [6.45, 7) is 1.82. The average molecular weight is 344 g/mol. The molecule has 0 radical (unpaired) electrons. The Morgan fingerprint density at radius 1 is 1.17 bits per heavy atom. The zero-order valence-corrected chi connectivity index (χ0v) is 13.7. The SMILES string of the molecule is CCc1ccc(C(=O)O)cc1S(=O)(=O)Nc1ccc2[nH]ccc2c1. The third-order valence-corrected chi connectivity index (χ3v) is 5.25. The number of nitrogens with one attached hydrogen (secondary N) is 2. The predicted molar refractivity (Wildman–Crippen MR) is 91.9 cm³/mol. The second kappa shape index (κ2) is 6.01. The first-order valence-electron chi connectivity index (χ1n) is 7.37. The van der Waals surface area contributed by atoms with E-state index in [4.69, 9.17) is 5.11 Å². The number of aromatic amines is 1. The van der Waals surface area contributed by atoms with Crippen molar-refractivity contribution in [3.05, 3.63) is 59.8 Å². The summed E-state index contributed by atoms with van der Waals surface area (Å²) in [5.41, 5.74) is 1.83. The number of aryl methyl sites for hydroxylation is 1. The normalized spacial score (nSPS) is 11.5. The molecule has 0 spiro atoms. The molecule has 7 heteroatoms. The molecule has 24 heavy (non-hydrogen) atoms. The van der Waals surface area contributed by atoms with Gasteiger partial charge in [0, 0.05) is 22.8 Å². The Morgan fingerprint density at radius 3 is 2.67 bits per heavy atom. The Hall–Kier alpha value is -2.80. The smallest absolute Gasteiger partial charge is 0.335 e. The quantitative estimate of drug-likeness (QED) is 0.661. The Bertz CT molecular complexity index is 1020. The van der Waals surface area contributed by atoms with Crippen molar-refractivity contribution in [2.24, 2.45) is 0 Å². The largest absolute Gasteiger partial charge is 0.478 e. The minimum Gasteiger partial charge on any atom is -0.478 e. The second-order valence-electron chi connectivity index (χ2n) is 5.37. The second-order valence-corrected chi connectivity index (χ2v) is 7.02. The Labute approximate surface area is 139 Å². The van der Waals surface area contributed by atoms with Gasteiger partial charge >= 0.3 is 5.97 Å². The van der Waals surface area contributed by atoms with Gasteiger partial charge in [-0.3, -0.25) is 4.72 Å². The number of carboxylic acids is 1. The number of fused-ring (bicyclic) bond motifs is 1. The van der Waals surface area contributed by atoms with Crippen LogP contribution in [-0.4, -0.2) is 24.5 Å². The molecule has 0 saturated carbocycles. The van der Waals surface area contributed by atoms with E-state index in [0.717, 1.165) is 10.9 Å². The van der Waals surface area contributed by atoms with E-state index in [1.54, 1.807) is 24.4 Å². The Balaban J connectivity index is 2.03. The summed E-state index contributed by atoms with van der Waals surface area (Å²) < 4.78 is 28.0. The molecule has 0 aliphatic carbocycles. The third-order valence-electron chi connectivity index (χ3n) is 3.79. The lowest BCUT2D eigenvalue weighted by Gasteiger charge is -2.12. The molecule has 124 valence electrons. The first kappa shape index (κ1) is 16.1. The van der Waals surface area contributed by atoms with Crippen molar-refractivity contribution in [1.82, 2.24) is 4.98 Å². The van der Waals surface area contributed by atoms with E-state index in [1.165, 1.54) is 18.2 Å². The maximum atomic E-state index is 12.7. The van der Waals surface area contributed by atoms with E-state index in [2.05, 4.69) is 9.71 Å². The molecule has 3 rings (SSSR count). The third kappa shape index (κ3) is 2.98. The number of benzene rings is 2. The Kier molecular flexibility index (Phi) is 4.02. The number of sulfonamides is 1. The zero-order chi connectivity index (χ0) is 17.3. The van der Waals surface area contributed by atoms with Gasteiger partial charge in [0.2, 0.25) is 0 Å². The van der Waals surface area contributed by atoms with E-state index >= 15 is 0 Å². The number of aromatic carboxylic acids is 1. The molecule has 2 aromatic carbocycles. The van der Waals surface area contributed by atoms with Gasteiger partial charge in [-0.05, 0) is 48.4 Å². The number of carbonyl (C=O) groups is 1. The number of rotatable bonds is 5. The number of aromatic nitrogens is 1. The van der Waals surface area contributed by atoms with E-state index < -0.39 is 16.0 Å². The van der Waals surface area contributed by atoms with Gasteiger partial charge in [0.15, 0.2) is 0 Å². The molecule has 0 unspecified atom stereocenters. The lowest BCUT2D eigenvalue weighted by Crippen LogP contribution is -2.16. The lowest BCUT2D eigenvalue weighted by atomic mass is 10.1. The van der Waals surface area contributed by atoms with Crippen LogP contribution < -0.4 is 4.72 Å². The minimum atomic E-state index is -3.89. The molecule has 3 aromatic rings. The average Bonchev–Trinajstić information content (AvgIpc) is 3.01. The highest BCUT2D eigenvalue weighted by molar-refractivity contribution is 7.92. The van der Waals surface area contributed by atoms with Gasteiger partial charge < -0.3 is 10.1 Å². The number of anilines is 1. The van der Waals surface area contributed by atoms with Crippen molar-refractivity contribution in [1.29, 1.82) is 0 Å². The van der Waals surface area contributed by atoms with E-state index in [0.29, 0.717) is 17.7 Å². The summed E-state index contributed by atoms with van der Waals surface area (Å²) in [5.74, 6) is -1.16. The summed E-state index contributed by atoms with van der Waals surface area (Å²) in [4.78, 5) is 14.2. The topological polar surface area (TPSA) is 99.3 Å². The molecule has 1 aromatic heterocycles. The molecule has 1 heterocycles. The highest BCUT2D eigenvalue weighted by atomic mass is 32.2. The minimum absolute atomic E-state index is 0.0148. The van der Waals surface area contributed by atoms with E-state index in [9.17, 15) is 13.2 Å². The lowest BCUT2D eigenvalue weighted by molar-refractivity contribution is 0.0696. The highest BCUT2D eigenvalue weighted by Crippen LogP contribution is 2.24.